The lowest BCUT2D eigenvalue weighted by molar-refractivity contribution is -0.142. The lowest BCUT2D eigenvalue weighted by Gasteiger charge is -2.25. The van der Waals surface area contributed by atoms with Gasteiger partial charge in [-0.3, -0.25) is 14.4 Å². The smallest absolute Gasteiger partial charge is 0.326 e. The van der Waals surface area contributed by atoms with Gasteiger partial charge in [-0.05, 0) is 71.1 Å². The van der Waals surface area contributed by atoms with Crippen LogP contribution in [0.15, 0.2) is 24.3 Å². The Hall–Kier alpha value is -1.82. The number of nitrogens with one attached hydrogen (secondary N) is 3. The van der Waals surface area contributed by atoms with Gasteiger partial charge in [0.15, 0.2) is 0 Å². The number of rotatable bonds is 14. The number of carbonyl (C=O) groups excluding carboxylic acids is 3. The summed E-state index contributed by atoms with van der Waals surface area (Å²) in [5.41, 5.74) is 0.782. The highest BCUT2D eigenvalue weighted by Crippen LogP contribution is 2.11. The van der Waals surface area contributed by atoms with E-state index in [2.05, 4.69) is 38.5 Å². The van der Waals surface area contributed by atoms with Crippen molar-refractivity contribution >= 4 is 58.5 Å². The summed E-state index contributed by atoms with van der Waals surface area (Å²) in [6.07, 6.45) is 3.24. The number of carboxylic acids is 1. The molecule has 8 nitrogen and oxygen atoms in total. The first-order valence-electron chi connectivity index (χ1n) is 9.94. The SMILES string of the molecule is CSCC[C@H](NC=O)C(=O)N[C@@H](CC(C)C)C(=O)N[C@H](Cc1ccc(I)cc1)C(=O)O. The molecule has 0 radical (unpaired) electrons. The van der Waals surface area contributed by atoms with Gasteiger partial charge in [-0.15, -0.1) is 0 Å². The maximum atomic E-state index is 12.9. The Morgan fingerprint density at radius 3 is 2.16 bits per heavy atom. The fourth-order valence-corrected chi connectivity index (χ4v) is 3.74. The van der Waals surface area contributed by atoms with E-state index in [4.69, 9.17) is 0 Å². The lowest BCUT2D eigenvalue weighted by Crippen LogP contribution is -2.55. The summed E-state index contributed by atoms with van der Waals surface area (Å²) in [6.45, 7) is 3.81. The molecule has 172 valence electrons. The van der Waals surface area contributed by atoms with Crippen LogP contribution in [0.4, 0.5) is 0 Å². The summed E-state index contributed by atoms with van der Waals surface area (Å²) in [7, 11) is 0. The van der Waals surface area contributed by atoms with Gasteiger partial charge in [0.1, 0.15) is 18.1 Å². The number of benzene rings is 1. The third-order valence-corrected chi connectivity index (χ3v) is 5.87. The second-order valence-electron chi connectivity index (χ2n) is 7.54. The Labute approximate surface area is 200 Å². The van der Waals surface area contributed by atoms with Crippen molar-refractivity contribution in [3.63, 3.8) is 0 Å². The zero-order chi connectivity index (χ0) is 23.4. The maximum Gasteiger partial charge on any atom is 0.326 e. The fourth-order valence-electron chi connectivity index (χ4n) is 2.91. The molecule has 10 heteroatoms. The van der Waals surface area contributed by atoms with Gasteiger partial charge in [-0.25, -0.2) is 4.79 Å². The molecule has 1 aromatic carbocycles. The number of thioether (sulfide) groups is 1. The van der Waals surface area contributed by atoms with Crippen molar-refractivity contribution in [2.45, 2.75) is 51.2 Å². The summed E-state index contributed by atoms with van der Waals surface area (Å²) in [5, 5.41) is 17.3. The van der Waals surface area contributed by atoms with E-state index in [0.29, 0.717) is 25.0 Å². The highest BCUT2D eigenvalue weighted by Gasteiger charge is 2.29. The van der Waals surface area contributed by atoms with Gasteiger partial charge in [-0.1, -0.05) is 26.0 Å². The Kier molecular flexibility index (Phi) is 12.5. The number of carbonyl (C=O) groups is 4. The topological polar surface area (TPSA) is 125 Å². The summed E-state index contributed by atoms with van der Waals surface area (Å²) in [5.74, 6) is -1.43. The molecule has 0 saturated heterocycles. The third-order valence-electron chi connectivity index (χ3n) is 4.50. The fraction of sp³-hybridized carbons (Fsp3) is 0.524. The van der Waals surface area contributed by atoms with Crippen LogP contribution in [0, 0.1) is 9.49 Å². The monoisotopic (exact) mass is 563 g/mol. The quantitative estimate of drug-likeness (QED) is 0.202. The predicted molar refractivity (Wildman–Crippen MR) is 130 cm³/mol. The number of hydrogen-bond acceptors (Lipinski definition) is 5. The van der Waals surface area contributed by atoms with E-state index in [9.17, 15) is 24.3 Å². The van der Waals surface area contributed by atoms with Crippen molar-refractivity contribution in [2.24, 2.45) is 5.92 Å². The summed E-state index contributed by atoms with van der Waals surface area (Å²) < 4.78 is 1.02. The Balaban J connectivity index is 2.90. The van der Waals surface area contributed by atoms with Gasteiger partial charge in [0.25, 0.3) is 0 Å². The van der Waals surface area contributed by atoms with Crippen LogP contribution in [0.1, 0.15) is 32.3 Å². The molecule has 0 aliphatic rings. The molecule has 0 aliphatic heterocycles. The molecule has 1 aromatic rings. The van der Waals surface area contributed by atoms with Crippen molar-refractivity contribution in [1.29, 1.82) is 0 Å². The molecule has 0 aliphatic carbocycles. The van der Waals surface area contributed by atoms with Crippen LogP contribution in [0.2, 0.25) is 0 Å². The first-order valence-corrected chi connectivity index (χ1v) is 12.4. The average molecular weight is 563 g/mol. The van der Waals surface area contributed by atoms with E-state index < -0.39 is 35.9 Å². The van der Waals surface area contributed by atoms with Crippen molar-refractivity contribution in [3.05, 3.63) is 33.4 Å². The molecule has 31 heavy (non-hydrogen) atoms. The second kappa shape index (κ2) is 14.3. The van der Waals surface area contributed by atoms with Crippen molar-refractivity contribution < 1.29 is 24.3 Å². The number of carboxylic acid groups (broad SMARTS) is 1. The zero-order valence-electron chi connectivity index (χ0n) is 17.9. The number of halogens is 1. The van der Waals surface area contributed by atoms with E-state index in [1.165, 1.54) is 0 Å². The molecule has 0 fully saturated rings. The van der Waals surface area contributed by atoms with Gasteiger partial charge < -0.3 is 21.1 Å². The lowest BCUT2D eigenvalue weighted by atomic mass is 10.0. The Bertz CT molecular complexity index is 745. The molecular weight excluding hydrogens is 533 g/mol. The molecule has 0 aromatic heterocycles. The molecule has 0 heterocycles. The van der Waals surface area contributed by atoms with Gasteiger partial charge in [0, 0.05) is 9.99 Å². The molecule has 1 rings (SSSR count). The van der Waals surface area contributed by atoms with Crippen LogP contribution in [0.25, 0.3) is 0 Å². The van der Waals surface area contributed by atoms with Crippen LogP contribution < -0.4 is 16.0 Å². The Morgan fingerprint density at radius 2 is 1.65 bits per heavy atom. The summed E-state index contributed by atoms with van der Waals surface area (Å²) >= 11 is 3.70. The number of amides is 3. The molecule has 0 unspecified atom stereocenters. The molecule has 0 bridgehead atoms. The van der Waals surface area contributed by atoms with Gasteiger partial charge in [-0.2, -0.15) is 11.8 Å². The van der Waals surface area contributed by atoms with Crippen LogP contribution in [-0.2, 0) is 25.6 Å². The van der Waals surface area contributed by atoms with Crippen LogP contribution in [0.3, 0.4) is 0 Å². The average Bonchev–Trinajstić information content (AvgIpc) is 2.71. The minimum Gasteiger partial charge on any atom is -0.480 e. The van der Waals surface area contributed by atoms with E-state index in [1.807, 2.05) is 44.4 Å². The first kappa shape index (κ1) is 27.2. The van der Waals surface area contributed by atoms with E-state index in [1.54, 1.807) is 11.8 Å². The maximum absolute atomic E-state index is 12.9. The van der Waals surface area contributed by atoms with E-state index >= 15 is 0 Å². The standard InChI is InChI=1S/C21H30IN3O5S/c1-13(2)10-17(24-19(27)16(23-12-26)8-9-31-3)20(28)25-18(21(29)30)11-14-4-6-15(22)7-5-14/h4-7,12-13,16-18H,8-11H2,1-3H3,(H,23,26)(H,24,27)(H,25,28)(H,29,30)/t16-,17-,18+/m0/s1. The van der Waals surface area contributed by atoms with Crippen molar-refractivity contribution in [3.8, 4) is 0 Å². The molecule has 0 spiro atoms. The first-order chi connectivity index (χ1) is 14.7. The molecular formula is C21H30IN3O5S. The van der Waals surface area contributed by atoms with Crippen LogP contribution in [-0.4, -0.2) is 59.4 Å². The largest absolute Gasteiger partial charge is 0.480 e. The molecule has 4 N–H and O–H groups in total. The zero-order valence-corrected chi connectivity index (χ0v) is 20.9. The minimum absolute atomic E-state index is 0.0826. The van der Waals surface area contributed by atoms with Crippen molar-refractivity contribution in [1.82, 2.24) is 16.0 Å². The third kappa shape index (κ3) is 10.4. The highest BCUT2D eigenvalue weighted by molar-refractivity contribution is 14.1. The normalized spacial score (nSPS) is 13.7. The predicted octanol–water partition coefficient (Wildman–Crippen LogP) is 1.80. The number of aliphatic carboxylic acids is 1. The van der Waals surface area contributed by atoms with Gasteiger partial charge >= 0.3 is 5.97 Å². The Morgan fingerprint density at radius 1 is 1.06 bits per heavy atom. The van der Waals surface area contributed by atoms with Crippen molar-refractivity contribution in [2.75, 3.05) is 12.0 Å². The summed E-state index contributed by atoms with van der Waals surface area (Å²) in [4.78, 5) is 48.1. The summed E-state index contributed by atoms with van der Waals surface area (Å²) in [6, 6.07) is 4.59. The van der Waals surface area contributed by atoms with Gasteiger partial charge in [0.2, 0.25) is 18.2 Å². The minimum atomic E-state index is -1.15. The molecule has 3 atom stereocenters. The number of hydrogen-bond donors (Lipinski definition) is 4. The van der Waals surface area contributed by atoms with E-state index in [-0.39, 0.29) is 12.3 Å². The van der Waals surface area contributed by atoms with Gasteiger partial charge in [0.05, 0.1) is 0 Å². The van der Waals surface area contributed by atoms with E-state index in [0.717, 1.165) is 9.13 Å². The second-order valence-corrected chi connectivity index (χ2v) is 9.77. The van der Waals surface area contributed by atoms with Crippen LogP contribution >= 0.6 is 34.4 Å². The molecule has 3 amide bonds. The highest BCUT2D eigenvalue weighted by atomic mass is 127. The molecule has 0 saturated carbocycles. The van der Waals surface area contributed by atoms with Crippen LogP contribution in [0.5, 0.6) is 0 Å².